The first-order chi connectivity index (χ1) is 7.00. The van der Waals surface area contributed by atoms with Crippen LogP contribution in [0.5, 0.6) is 0 Å². The highest BCUT2D eigenvalue weighted by Gasteiger charge is 2.28. The third-order valence-electron chi connectivity index (χ3n) is 1.65. The summed E-state index contributed by atoms with van der Waals surface area (Å²) >= 11 is 0. The molecule has 0 aromatic carbocycles. The van der Waals surface area contributed by atoms with Gasteiger partial charge in [0.25, 0.3) is 0 Å². The quantitative estimate of drug-likeness (QED) is 0.517. The first-order valence-electron chi connectivity index (χ1n) is 3.98. The van der Waals surface area contributed by atoms with Gasteiger partial charge in [0.15, 0.2) is 0 Å². The number of ketones is 1. The molecule has 1 heterocycles. The summed E-state index contributed by atoms with van der Waals surface area (Å²) in [7, 11) is 0.584. The number of carbonyl (C=O) groups is 1. The minimum absolute atomic E-state index is 0.105. The topological polar surface area (TPSA) is 96.2 Å². The molecule has 0 N–H and O–H groups in total. The molecule has 0 aliphatic rings. The van der Waals surface area contributed by atoms with Crippen LogP contribution in [0.15, 0.2) is 0 Å². The molecule has 1 aromatic heterocycles. The van der Waals surface area contributed by atoms with Crippen LogP contribution >= 0.6 is 7.60 Å². The van der Waals surface area contributed by atoms with E-state index in [4.69, 9.17) is 0 Å². The molecule has 0 aliphatic heterocycles. The van der Waals surface area contributed by atoms with E-state index in [0.29, 0.717) is 0 Å². The Hall–Kier alpha value is -1.11. The van der Waals surface area contributed by atoms with Crippen LogP contribution in [-0.2, 0) is 20.7 Å². The molecule has 0 saturated carbocycles. The van der Waals surface area contributed by atoms with E-state index in [9.17, 15) is 9.36 Å². The average molecular weight is 234 g/mol. The van der Waals surface area contributed by atoms with Crippen LogP contribution in [0.1, 0.15) is 10.6 Å². The van der Waals surface area contributed by atoms with Crippen molar-refractivity contribution in [3.05, 3.63) is 5.82 Å². The number of aromatic nitrogens is 4. The first kappa shape index (κ1) is 12.0. The van der Waals surface area contributed by atoms with Crippen LogP contribution in [0.4, 0.5) is 0 Å². The van der Waals surface area contributed by atoms with Crippen molar-refractivity contribution in [3.63, 3.8) is 0 Å². The number of nitrogens with zero attached hydrogens (tertiary/aromatic N) is 4. The summed E-state index contributed by atoms with van der Waals surface area (Å²) in [5, 5.41) is 10.6. The van der Waals surface area contributed by atoms with Crippen LogP contribution in [0, 0.1) is 0 Å². The lowest BCUT2D eigenvalue weighted by Gasteiger charge is -2.10. The summed E-state index contributed by atoms with van der Waals surface area (Å²) < 4.78 is 20.8. The summed E-state index contributed by atoms with van der Waals surface area (Å²) in [5.74, 6) is -0.637. The van der Waals surface area contributed by atoms with Gasteiger partial charge >= 0.3 is 7.60 Å². The third-order valence-corrected chi connectivity index (χ3v) is 3.44. The van der Waals surface area contributed by atoms with Gasteiger partial charge in [-0.05, 0) is 5.21 Å². The van der Waals surface area contributed by atoms with Crippen molar-refractivity contribution < 1.29 is 18.4 Å². The Morgan fingerprint density at radius 2 is 2.07 bits per heavy atom. The Balaban J connectivity index is 2.75. The number of hydrogen-bond acceptors (Lipinski definition) is 7. The van der Waals surface area contributed by atoms with Crippen molar-refractivity contribution in [3.8, 4) is 0 Å². The monoisotopic (exact) mass is 234 g/mol. The Bertz CT molecular complexity index is 396. The molecule has 9 heteroatoms. The highest BCUT2D eigenvalue weighted by atomic mass is 31.2. The van der Waals surface area contributed by atoms with E-state index in [0.717, 1.165) is 4.80 Å². The zero-order chi connectivity index (χ0) is 11.5. The second kappa shape index (κ2) is 4.61. The molecule has 0 bridgehead atoms. The Kier molecular flexibility index (Phi) is 3.67. The number of hydrogen-bond donors (Lipinski definition) is 0. The minimum atomic E-state index is -3.36. The Labute approximate surface area is 86.1 Å². The summed E-state index contributed by atoms with van der Waals surface area (Å²) in [6.07, 6.45) is -0.397. The van der Waals surface area contributed by atoms with Gasteiger partial charge in [-0.15, -0.1) is 10.2 Å². The lowest BCUT2D eigenvalue weighted by Crippen LogP contribution is -2.10. The van der Waals surface area contributed by atoms with E-state index in [1.807, 2.05) is 0 Å². The predicted octanol–water partition coefficient (Wildman–Crippen LogP) is -0.121. The molecule has 8 nitrogen and oxygen atoms in total. The lowest BCUT2D eigenvalue weighted by atomic mass is 10.4. The zero-order valence-corrected chi connectivity index (χ0v) is 9.47. The number of rotatable bonds is 5. The van der Waals surface area contributed by atoms with Crippen molar-refractivity contribution in [1.29, 1.82) is 0 Å². The first-order valence-corrected chi connectivity index (χ1v) is 5.71. The number of aryl methyl sites for hydroxylation is 1. The van der Waals surface area contributed by atoms with Crippen molar-refractivity contribution in [2.75, 3.05) is 20.4 Å². The van der Waals surface area contributed by atoms with Gasteiger partial charge in [0.1, 0.15) is 6.16 Å². The summed E-state index contributed by atoms with van der Waals surface area (Å²) in [4.78, 5) is 12.6. The van der Waals surface area contributed by atoms with Gasteiger partial charge in [-0.2, -0.15) is 4.80 Å². The SMILES string of the molecule is COP(=O)(CC(=O)c1nnn(C)n1)OC. The number of tetrazole rings is 1. The molecule has 0 aliphatic carbocycles. The molecule has 0 fully saturated rings. The fourth-order valence-electron chi connectivity index (χ4n) is 0.846. The highest BCUT2D eigenvalue weighted by Crippen LogP contribution is 2.46. The molecule has 84 valence electrons. The minimum Gasteiger partial charge on any atom is -0.312 e. The maximum atomic E-state index is 11.6. The summed E-state index contributed by atoms with van der Waals surface area (Å²) in [5.41, 5.74) is 0. The molecule has 1 aromatic rings. The van der Waals surface area contributed by atoms with Gasteiger partial charge in [-0.1, -0.05) is 0 Å². The standard InChI is InChI=1S/C6H11N4O4P/c1-10-8-6(7-9-10)5(11)4-15(12,13-2)14-3/h4H2,1-3H3. The molecule has 0 saturated heterocycles. The number of Topliss-reactive ketones (excluding diaryl/α,β-unsaturated/α-hetero) is 1. The van der Waals surface area contributed by atoms with E-state index in [-0.39, 0.29) is 5.82 Å². The molecular formula is C6H11N4O4P. The molecule has 0 unspecified atom stereocenters. The molecule has 0 radical (unpaired) electrons. The summed E-state index contributed by atoms with van der Waals surface area (Å²) in [6.45, 7) is 0. The summed E-state index contributed by atoms with van der Waals surface area (Å²) in [6, 6.07) is 0. The van der Waals surface area contributed by atoms with Gasteiger partial charge in [-0.3, -0.25) is 9.36 Å². The molecular weight excluding hydrogens is 223 g/mol. The van der Waals surface area contributed by atoms with Crippen LogP contribution in [-0.4, -0.2) is 46.4 Å². The van der Waals surface area contributed by atoms with Gasteiger partial charge in [0.2, 0.25) is 11.6 Å². The second-order valence-electron chi connectivity index (χ2n) is 2.66. The van der Waals surface area contributed by atoms with Crippen LogP contribution in [0.3, 0.4) is 0 Å². The van der Waals surface area contributed by atoms with Gasteiger partial charge in [-0.25, -0.2) is 0 Å². The second-order valence-corrected chi connectivity index (χ2v) is 4.93. The van der Waals surface area contributed by atoms with Gasteiger partial charge in [0.05, 0.1) is 7.05 Å². The van der Waals surface area contributed by atoms with E-state index in [1.54, 1.807) is 0 Å². The third kappa shape index (κ3) is 2.92. The molecule has 1 rings (SSSR count). The van der Waals surface area contributed by atoms with Crippen molar-refractivity contribution in [2.45, 2.75) is 0 Å². The molecule has 0 amide bonds. The normalized spacial score (nSPS) is 11.7. The Morgan fingerprint density at radius 3 is 2.47 bits per heavy atom. The van der Waals surface area contributed by atoms with Crippen molar-refractivity contribution in [1.82, 2.24) is 20.2 Å². The van der Waals surface area contributed by atoms with Crippen LogP contribution in [0.25, 0.3) is 0 Å². The molecule has 0 spiro atoms. The van der Waals surface area contributed by atoms with Gasteiger partial charge in [0, 0.05) is 14.2 Å². The lowest BCUT2D eigenvalue weighted by molar-refractivity contribution is 0.0998. The molecule has 15 heavy (non-hydrogen) atoms. The van der Waals surface area contributed by atoms with E-state index < -0.39 is 19.5 Å². The van der Waals surface area contributed by atoms with Gasteiger partial charge < -0.3 is 9.05 Å². The van der Waals surface area contributed by atoms with E-state index >= 15 is 0 Å². The van der Waals surface area contributed by atoms with Crippen LogP contribution in [0.2, 0.25) is 0 Å². The van der Waals surface area contributed by atoms with Crippen molar-refractivity contribution in [2.24, 2.45) is 7.05 Å². The fraction of sp³-hybridized carbons (Fsp3) is 0.667. The van der Waals surface area contributed by atoms with Crippen LogP contribution < -0.4 is 0 Å². The Morgan fingerprint density at radius 1 is 1.47 bits per heavy atom. The predicted molar refractivity (Wildman–Crippen MR) is 49.6 cm³/mol. The average Bonchev–Trinajstić information content (AvgIpc) is 2.65. The maximum Gasteiger partial charge on any atom is 0.338 e. The molecule has 0 atom stereocenters. The zero-order valence-electron chi connectivity index (χ0n) is 8.58. The maximum absolute atomic E-state index is 11.6. The van der Waals surface area contributed by atoms with E-state index in [1.165, 1.54) is 21.3 Å². The largest absolute Gasteiger partial charge is 0.338 e. The van der Waals surface area contributed by atoms with E-state index in [2.05, 4.69) is 24.5 Å². The smallest absolute Gasteiger partial charge is 0.312 e. The van der Waals surface area contributed by atoms with Crippen molar-refractivity contribution >= 4 is 13.4 Å². The fourth-order valence-corrected chi connectivity index (χ4v) is 1.75. The highest BCUT2D eigenvalue weighted by molar-refractivity contribution is 7.54. The number of carbonyl (C=O) groups excluding carboxylic acids is 1.